The molecule has 2 N–H and O–H groups in total. The second kappa shape index (κ2) is 7.84. The topological polar surface area (TPSA) is 74.1 Å². The molecule has 1 aromatic carbocycles. The molecule has 6 heteroatoms. The molecule has 5 nitrogen and oxygen atoms in total. The molecule has 0 atom stereocenters. The first kappa shape index (κ1) is 14.7. The average molecular weight is 263 g/mol. The number of rotatable bonds is 6. The van der Waals surface area contributed by atoms with Gasteiger partial charge in [-0.2, -0.15) is 5.26 Å². The highest BCUT2D eigenvalue weighted by atomic mass is 19.1. The number of carbonyl (C=O) groups excluding carboxylic acids is 1. The van der Waals surface area contributed by atoms with E-state index in [2.05, 4.69) is 10.6 Å². The van der Waals surface area contributed by atoms with Crippen molar-refractivity contribution < 1.29 is 13.9 Å². The predicted octanol–water partition coefficient (Wildman–Crippen LogP) is 1.41. The van der Waals surface area contributed by atoms with E-state index in [0.29, 0.717) is 18.8 Å². The van der Waals surface area contributed by atoms with Gasteiger partial charge in [-0.3, -0.25) is 4.79 Å². The van der Waals surface area contributed by atoms with Gasteiger partial charge in [0.25, 0.3) is 5.91 Å². The summed E-state index contributed by atoms with van der Waals surface area (Å²) >= 11 is 0. The maximum atomic E-state index is 12.7. The van der Waals surface area contributed by atoms with E-state index in [1.54, 1.807) is 6.07 Å². The minimum absolute atomic E-state index is 0.0690. The summed E-state index contributed by atoms with van der Waals surface area (Å²) < 4.78 is 17.5. The molecule has 0 aliphatic heterocycles. The lowest BCUT2D eigenvalue weighted by Gasteiger charge is -2.04. The molecule has 0 unspecified atom stereocenters. The number of anilines is 1. The van der Waals surface area contributed by atoms with Crippen LogP contribution in [-0.2, 0) is 9.53 Å². The third-order valence-electron chi connectivity index (χ3n) is 2.18. The quantitative estimate of drug-likeness (QED) is 0.462. The van der Waals surface area contributed by atoms with E-state index < -0.39 is 5.91 Å². The highest BCUT2D eigenvalue weighted by Gasteiger charge is 2.07. The summed E-state index contributed by atoms with van der Waals surface area (Å²) in [6.45, 7) is 0.695. The van der Waals surface area contributed by atoms with Gasteiger partial charge in [0.1, 0.15) is 17.5 Å². The fourth-order valence-corrected chi connectivity index (χ4v) is 1.21. The number of nitrogens with one attached hydrogen (secondary N) is 2. The van der Waals surface area contributed by atoms with E-state index in [-0.39, 0.29) is 11.4 Å². The van der Waals surface area contributed by atoms with Crippen molar-refractivity contribution in [2.75, 3.05) is 25.6 Å². The van der Waals surface area contributed by atoms with Gasteiger partial charge in [0.15, 0.2) is 0 Å². The highest BCUT2D eigenvalue weighted by molar-refractivity contribution is 5.97. The van der Waals surface area contributed by atoms with Crippen LogP contribution in [0.1, 0.15) is 0 Å². The van der Waals surface area contributed by atoms with Crippen LogP contribution in [0, 0.1) is 17.1 Å². The Labute approximate surface area is 110 Å². The van der Waals surface area contributed by atoms with E-state index in [1.165, 1.54) is 37.6 Å². The lowest BCUT2D eigenvalue weighted by atomic mass is 10.2. The standard InChI is InChI=1S/C13H14FN3O2/c1-19-7-6-16-13(18)10(8-15)9-17-12-4-2-11(14)3-5-12/h2-5,9,17H,6-7H2,1H3,(H,16,18)/b10-9-. The van der Waals surface area contributed by atoms with Gasteiger partial charge in [0, 0.05) is 25.5 Å². The summed E-state index contributed by atoms with van der Waals surface area (Å²) in [4.78, 5) is 11.6. The number of hydrogen-bond acceptors (Lipinski definition) is 4. The molecule has 0 aromatic heterocycles. The second-order valence-corrected chi connectivity index (χ2v) is 3.57. The molecule has 0 radical (unpaired) electrons. The minimum atomic E-state index is -0.492. The van der Waals surface area contributed by atoms with E-state index in [1.807, 2.05) is 0 Å². The number of carbonyl (C=O) groups is 1. The zero-order valence-corrected chi connectivity index (χ0v) is 10.4. The largest absolute Gasteiger partial charge is 0.383 e. The first-order valence-electron chi connectivity index (χ1n) is 5.57. The van der Waals surface area contributed by atoms with Crippen LogP contribution in [0.25, 0.3) is 0 Å². The van der Waals surface area contributed by atoms with Crippen molar-refractivity contribution in [2.24, 2.45) is 0 Å². The molecule has 0 spiro atoms. The summed E-state index contributed by atoms with van der Waals surface area (Å²) in [7, 11) is 1.52. The summed E-state index contributed by atoms with van der Waals surface area (Å²) in [5.74, 6) is -0.846. The Kier molecular flexibility index (Phi) is 6.06. The van der Waals surface area contributed by atoms with Crippen LogP contribution in [0.3, 0.4) is 0 Å². The van der Waals surface area contributed by atoms with Gasteiger partial charge in [-0.25, -0.2) is 4.39 Å². The molecule has 0 fully saturated rings. The van der Waals surface area contributed by atoms with Gasteiger partial charge in [0.05, 0.1) is 6.61 Å². The van der Waals surface area contributed by atoms with Gasteiger partial charge in [-0.05, 0) is 24.3 Å². The normalized spacial score (nSPS) is 10.7. The first-order chi connectivity index (χ1) is 9.17. The number of halogens is 1. The van der Waals surface area contributed by atoms with E-state index in [0.717, 1.165) is 0 Å². The Balaban J connectivity index is 2.59. The van der Waals surface area contributed by atoms with Crippen molar-refractivity contribution in [3.8, 4) is 6.07 Å². The number of nitrogens with zero attached hydrogens (tertiary/aromatic N) is 1. The molecular formula is C13H14FN3O2. The zero-order chi connectivity index (χ0) is 14.1. The molecule has 1 rings (SSSR count). The fourth-order valence-electron chi connectivity index (χ4n) is 1.21. The number of hydrogen-bond donors (Lipinski definition) is 2. The number of amides is 1. The highest BCUT2D eigenvalue weighted by Crippen LogP contribution is 2.08. The van der Waals surface area contributed by atoms with E-state index >= 15 is 0 Å². The lowest BCUT2D eigenvalue weighted by Crippen LogP contribution is -2.28. The van der Waals surface area contributed by atoms with Crippen LogP contribution in [-0.4, -0.2) is 26.2 Å². The fraction of sp³-hybridized carbons (Fsp3) is 0.231. The van der Waals surface area contributed by atoms with Crippen LogP contribution in [0.2, 0.25) is 0 Å². The molecule has 0 aliphatic rings. The summed E-state index contributed by atoms with van der Waals surface area (Å²) in [6.07, 6.45) is 1.27. The first-order valence-corrected chi connectivity index (χ1v) is 5.57. The molecule has 100 valence electrons. The molecular weight excluding hydrogens is 249 g/mol. The van der Waals surface area contributed by atoms with Crippen LogP contribution >= 0.6 is 0 Å². The summed E-state index contributed by atoms with van der Waals surface area (Å²) in [5, 5.41) is 14.1. The molecule has 1 aromatic rings. The van der Waals surface area contributed by atoms with E-state index in [9.17, 15) is 9.18 Å². The van der Waals surface area contributed by atoms with E-state index in [4.69, 9.17) is 10.00 Å². The third kappa shape index (κ3) is 5.19. The van der Waals surface area contributed by atoms with Crippen molar-refractivity contribution >= 4 is 11.6 Å². The van der Waals surface area contributed by atoms with Crippen molar-refractivity contribution in [2.45, 2.75) is 0 Å². The number of benzene rings is 1. The average Bonchev–Trinajstić information content (AvgIpc) is 2.42. The molecule has 0 heterocycles. The van der Waals surface area contributed by atoms with Crippen LogP contribution in [0.5, 0.6) is 0 Å². The van der Waals surface area contributed by atoms with Crippen LogP contribution in [0.4, 0.5) is 10.1 Å². The Bertz CT molecular complexity index is 492. The van der Waals surface area contributed by atoms with Gasteiger partial charge in [-0.1, -0.05) is 0 Å². The van der Waals surface area contributed by atoms with Gasteiger partial charge in [-0.15, -0.1) is 0 Å². The number of nitriles is 1. The lowest BCUT2D eigenvalue weighted by molar-refractivity contribution is -0.117. The van der Waals surface area contributed by atoms with Crippen LogP contribution < -0.4 is 10.6 Å². The Morgan fingerprint density at radius 1 is 1.47 bits per heavy atom. The number of ether oxygens (including phenoxy) is 1. The maximum absolute atomic E-state index is 12.7. The van der Waals surface area contributed by atoms with Gasteiger partial charge < -0.3 is 15.4 Å². The van der Waals surface area contributed by atoms with Crippen molar-refractivity contribution in [1.82, 2.24) is 5.32 Å². The SMILES string of the molecule is COCCNC(=O)/C(C#N)=C\Nc1ccc(F)cc1. The second-order valence-electron chi connectivity index (χ2n) is 3.57. The Morgan fingerprint density at radius 2 is 2.16 bits per heavy atom. The van der Waals surface area contributed by atoms with Gasteiger partial charge in [0.2, 0.25) is 0 Å². The molecule has 0 aliphatic carbocycles. The minimum Gasteiger partial charge on any atom is -0.383 e. The molecule has 0 bridgehead atoms. The summed E-state index contributed by atoms with van der Waals surface area (Å²) in [5.41, 5.74) is 0.513. The molecule has 1 amide bonds. The predicted molar refractivity (Wildman–Crippen MR) is 68.6 cm³/mol. The Morgan fingerprint density at radius 3 is 2.74 bits per heavy atom. The van der Waals surface area contributed by atoms with Crippen LogP contribution in [0.15, 0.2) is 36.0 Å². The van der Waals surface area contributed by atoms with Crippen molar-refractivity contribution in [1.29, 1.82) is 5.26 Å². The van der Waals surface area contributed by atoms with Crippen molar-refractivity contribution in [3.63, 3.8) is 0 Å². The number of methoxy groups -OCH3 is 1. The van der Waals surface area contributed by atoms with Crippen molar-refractivity contribution in [3.05, 3.63) is 41.9 Å². The molecule has 0 saturated heterocycles. The monoisotopic (exact) mass is 263 g/mol. The zero-order valence-electron chi connectivity index (χ0n) is 10.4. The smallest absolute Gasteiger partial charge is 0.263 e. The maximum Gasteiger partial charge on any atom is 0.263 e. The van der Waals surface area contributed by atoms with Gasteiger partial charge >= 0.3 is 0 Å². The third-order valence-corrected chi connectivity index (χ3v) is 2.18. The molecule has 0 saturated carbocycles. The Hall–Kier alpha value is -2.39. The molecule has 19 heavy (non-hydrogen) atoms. The summed E-state index contributed by atoms with van der Waals surface area (Å²) in [6, 6.07) is 7.35.